The molecule has 0 bridgehead atoms. The zero-order valence-corrected chi connectivity index (χ0v) is 19.8. The zero-order valence-electron chi connectivity index (χ0n) is 19.0. The predicted molar refractivity (Wildman–Crippen MR) is 130 cm³/mol. The number of hydrogen-bond donors (Lipinski definition) is 2. The lowest BCUT2D eigenvalue weighted by Crippen LogP contribution is -2.40. The highest BCUT2D eigenvalue weighted by Crippen LogP contribution is 2.29. The summed E-state index contributed by atoms with van der Waals surface area (Å²) in [6, 6.07) is 13.9. The quantitative estimate of drug-likeness (QED) is 0.643. The Morgan fingerprint density at radius 2 is 1.61 bits per heavy atom. The van der Waals surface area contributed by atoms with Crippen molar-refractivity contribution in [3.8, 4) is 0 Å². The Morgan fingerprint density at radius 3 is 2.30 bits per heavy atom. The second-order valence-corrected chi connectivity index (χ2v) is 10.4. The van der Waals surface area contributed by atoms with Gasteiger partial charge in [-0.1, -0.05) is 12.1 Å². The van der Waals surface area contributed by atoms with Gasteiger partial charge < -0.3 is 20.3 Å². The maximum absolute atomic E-state index is 12.8. The van der Waals surface area contributed by atoms with Gasteiger partial charge in [0.2, 0.25) is 15.9 Å². The minimum absolute atomic E-state index is 0.188. The molecule has 0 spiro atoms. The van der Waals surface area contributed by atoms with Crippen molar-refractivity contribution < 1.29 is 17.9 Å². The van der Waals surface area contributed by atoms with Crippen molar-refractivity contribution in [3.63, 3.8) is 0 Å². The van der Waals surface area contributed by atoms with Crippen molar-refractivity contribution in [2.24, 2.45) is 0 Å². The third kappa shape index (κ3) is 5.66. The summed E-state index contributed by atoms with van der Waals surface area (Å²) in [5.41, 5.74) is 2.61. The van der Waals surface area contributed by atoms with Gasteiger partial charge in [0, 0.05) is 31.9 Å². The van der Waals surface area contributed by atoms with E-state index in [0.717, 1.165) is 24.5 Å². The number of carbonyl (C=O) groups excluding carboxylic acids is 1. The molecule has 2 N–H and O–H groups in total. The van der Waals surface area contributed by atoms with Crippen molar-refractivity contribution in [2.75, 3.05) is 54.9 Å². The highest BCUT2D eigenvalue weighted by molar-refractivity contribution is 7.89. The van der Waals surface area contributed by atoms with Crippen molar-refractivity contribution in [2.45, 2.75) is 37.1 Å². The van der Waals surface area contributed by atoms with Gasteiger partial charge in [-0.15, -0.1) is 0 Å². The molecule has 2 aliphatic rings. The smallest absolute Gasteiger partial charge is 0.246 e. The Hall–Kier alpha value is -2.62. The largest absolute Gasteiger partial charge is 0.379 e. The van der Waals surface area contributed by atoms with Crippen LogP contribution in [-0.2, 0) is 19.6 Å². The molecule has 2 heterocycles. The number of nitrogens with one attached hydrogen (secondary N) is 2. The fourth-order valence-electron chi connectivity index (χ4n) is 4.20. The van der Waals surface area contributed by atoms with Crippen LogP contribution >= 0.6 is 0 Å². The van der Waals surface area contributed by atoms with Crippen LogP contribution in [0.25, 0.3) is 0 Å². The third-order valence-electron chi connectivity index (χ3n) is 6.10. The summed E-state index contributed by atoms with van der Waals surface area (Å²) in [4.78, 5) is 15.4. The van der Waals surface area contributed by atoms with Crippen LogP contribution in [0, 0.1) is 0 Å². The van der Waals surface area contributed by atoms with E-state index in [0.29, 0.717) is 32.0 Å². The molecule has 0 saturated carbocycles. The number of morpholine rings is 1. The summed E-state index contributed by atoms with van der Waals surface area (Å²) in [5, 5.41) is 6.21. The lowest BCUT2D eigenvalue weighted by atomic mass is 10.1. The van der Waals surface area contributed by atoms with E-state index in [1.807, 2.05) is 25.1 Å². The maximum Gasteiger partial charge on any atom is 0.246 e. The van der Waals surface area contributed by atoms with Gasteiger partial charge in [-0.25, -0.2) is 8.42 Å². The lowest BCUT2D eigenvalue weighted by Gasteiger charge is -2.31. The molecular formula is C24H32N4O4S. The Labute approximate surface area is 196 Å². The summed E-state index contributed by atoms with van der Waals surface area (Å²) < 4.78 is 32.2. The number of rotatable bonds is 7. The molecule has 33 heavy (non-hydrogen) atoms. The molecule has 0 aliphatic carbocycles. The second-order valence-electron chi connectivity index (χ2n) is 8.46. The van der Waals surface area contributed by atoms with E-state index in [2.05, 4.69) is 21.6 Å². The molecule has 2 aliphatic heterocycles. The standard InChI is InChI=1S/C24H32N4O4S/c1-19(25-22-7-3-4-8-23(22)27-13-5-2-6-14-27)24(29)26-20-9-11-21(12-10-20)33(30,31)28-15-17-32-18-16-28/h3-4,7-12,19,25H,2,5-6,13-18H2,1H3,(H,26,29)/t19-/m1/s1. The zero-order chi connectivity index (χ0) is 23.3. The second kappa shape index (κ2) is 10.5. The molecule has 4 rings (SSSR count). The molecule has 9 heteroatoms. The Morgan fingerprint density at radius 1 is 0.939 bits per heavy atom. The van der Waals surface area contributed by atoms with Crippen molar-refractivity contribution in [1.82, 2.24) is 4.31 Å². The Bertz CT molecular complexity index is 1050. The number of benzene rings is 2. The number of sulfonamides is 1. The lowest BCUT2D eigenvalue weighted by molar-refractivity contribution is -0.116. The van der Waals surface area contributed by atoms with E-state index >= 15 is 0 Å². The topological polar surface area (TPSA) is 91.0 Å². The van der Waals surface area contributed by atoms with Gasteiger partial charge in [-0.3, -0.25) is 4.79 Å². The Kier molecular flexibility index (Phi) is 7.52. The first-order valence-corrected chi connectivity index (χ1v) is 13.0. The normalized spacial score (nSPS) is 18.5. The average Bonchev–Trinajstić information content (AvgIpc) is 2.86. The van der Waals surface area contributed by atoms with E-state index in [-0.39, 0.29) is 10.8 Å². The van der Waals surface area contributed by atoms with E-state index in [9.17, 15) is 13.2 Å². The number of carbonyl (C=O) groups is 1. The minimum Gasteiger partial charge on any atom is -0.379 e. The molecule has 0 aromatic heterocycles. The average molecular weight is 473 g/mol. The third-order valence-corrected chi connectivity index (χ3v) is 8.01. The van der Waals surface area contributed by atoms with Gasteiger partial charge >= 0.3 is 0 Å². The first kappa shape index (κ1) is 23.5. The van der Waals surface area contributed by atoms with E-state index in [1.54, 1.807) is 12.1 Å². The van der Waals surface area contributed by atoms with Crippen LogP contribution in [0.3, 0.4) is 0 Å². The summed E-state index contributed by atoms with van der Waals surface area (Å²) in [6.45, 7) is 5.38. The summed E-state index contributed by atoms with van der Waals surface area (Å²) >= 11 is 0. The fourth-order valence-corrected chi connectivity index (χ4v) is 5.61. The minimum atomic E-state index is -3.56. The highest BCUT2D eigenvalue weighted by atomic mass is 32.2. The van der Waals surface area contributed by atoms with Gasteiger partial charge in [-0.2, -0.15) is 4.31 Å². The summed E-state index contributed by atoms with van der Waals surface area (Å²) in [6.07, 6.45) is 3.63. The number of ether oxygens (including phenoxy) is 1. The van der Waals surface area contributed by atoms with E-state index in [1.165, 1.54) is 35.7 Å². The van der Waals surface area contributed by atoms with Gasteiger partial charge in [0.25, 0.3) is 0 Å². The van der Waals surface area contributed by atoms with Crippen LogP contribution in [0.2, 0.25) is 0 Å². The van der Waals surface area contributed by atoms with Crippen LogP contribution in [-0.4, -0.2) is 64.1 Å². The molecule has 0 radical (unpaired) electrons. The Balaban J connectivity index is 1.38. The van der Waals surface area contributed by atoms with Crippen LogP contribution < -0.4 is 15.5 Å². The molecule has 178 valence electrons. The van der Waals surface area contributed by atoms with Crippen molar-refractivity contribution >= 4 is 33.0 Å². The number of amides is 1. The van der Waals surface area contributed by atoms with E-state index in [4.69, 9.17) is 4.74 Å². The van der Waals surface area contributed by atoms with Crippen LogP contribution in [0.4, 0.5) is 17.1 Å². The van der Waals surface area contributed by atoms with Crippen LogP contribution in [0.5, 0.6) is 0 Å². The number of anilines is 3. The first-order valence-electron chi connectivity index (χ1n) is 11.5. The van der Waals surface area contributed by atoms with Gasteiger partial charge in [0.15, 0.2) is 0 Å². The number of hydrogen-bond acceptors (Lipinski definition) is 6. The van der Waals surface area contributed by atoms with Crippen molar-refractivity contribution in [1.29, 1.82) is 0 Å². The van der Waals surface area contributed by atoms with Gasteiger partial charge in [0.1, 0.15) is 6.04 Å². The number of piperidine rings is 1. The number of nitrogens with zero attached hydrogens (tertiary/aromatic N) is 2. The summed E-state index contributed by atoms with van der Waals surface area (Å²) in [7, 11) is -3.56. The van der Waals surface area contributed by atoms with Gasteiger partial charge in [-0.05, 0) is 62.6 Å². The van der Waals surface area contributed by atoms with Crippen LogP contribution in [0.15, 0.2) is 53.4 Å². The molecule has 0 unspecified atom stereocenters. The summed E-state index contributed by atoms with van der Waals surface area (Å²) in [5.74, 6) is -0.188. The first-order chi connectivity index (χ1) is 15.9. The number of para-hydroxylation sites is 2. The van der Waals surface area contributed by atoms with Crippen molar-refractivity contribution in [3.05, 3.63) is 48.5 Å². The fraction of sp³-hybridized carbons (Fsp3) is 0.458. The molecule has 2 aromatic rings. The van der Waals surface area contributed by atoms with Crippen LogP contribution in [0.1, 0.15) is 26.2 Å². The molecular weight excluding hydrogens is 440 g/mol. The van der Waals surface area contributed by atoms with E-state index < -0.39 is 16.1 Å². The predicted octanol–water partition coefficient (Wildman–Crippen LogP) is 3.14. The SMILES string of the molecule is C[C@@H](Nc1ccccc1N1CCCCC1)C(=O)Nc1ccc(S(=O)(=O)N2CCOCC2)cc1. The molecule has 2 aromatic carbocycles. The maximum atomic E-state index is 12.8. The monoisotopic (exact) mass is 472 g/mol. The molecule has 2 saturated heterocycles. The molecule has 8 nitrogen and oxygen atoms in total. The van der Waals surface area contributed by atoms with Gasteiger partial charge in [0.05, 0.1) is 29.5 Å². The molecule has 2 fully saturated rings. The molecule has 1 atom stereocenters. The molecule has 1 amide bonds. The highest BCUT2D eigenvalue weighted by Gasteiger charge is 2.26.